The van der Waals surface area contributed by atoms with Gasteiger partial charge < -0.3 is 24.8 Å². The van der Waals surface area contributed by atoms with Crippen LogP contribution in [0.2, 0.25) is 0 Å². The standard InChI is InChI=1S/C16H24N2O4.ClH/c1-11(12-9-17-10-12)16(19)18-4-5-22-15-7-13(20-2)6-14(8-15)21-3;/h6-8,11-12,17H,4-5,9-10H2,1-3H3,(H,18,19);1H. The van der Waals surface area contributed by atoms with Crippen LogP contribution in [0.5, 0.6) is 17.2 Å². The topological polar surface area (TPSA) is 68.8 Å². The van der Waals surface area contributed by atoms with Crippen LogP contribution in [-0.2, 0) is 4.79 Å². The fourth-order valence-electron chi connectivity index (χ4n) is 2.25. The Bertz CT molecular complexity index is 487. The molecule has 0 bridgehead atoms. The Morgan fingerprint density at radius 2 is 1.78 bits per heavy atom. The van der Waals surface area contributed by atoms with Gasteiger partial charge in [-0.25, -0.2) is 0 Å². The Balaban J connectivity index is 0.00000264. The molecule has 0 spiro atoms. The summed E-state index contributed by atoms with van der Waals surface area (Å²) in [5.41, 5.74) is 0. The van der Waals surface area contributed by atoms with E-state index in [0.29, 0.717) is 36.3 Å². The van der Waals surface area contributed by atoms with Gasteiger partial charge in [0.25, 0.3) is 0 Å². The molecule has 0 aliphatic carbocycles. The molecule has 0 radical (unpaired) electrons. The van der Waals surface area contributed by atoms with E-state index in [9.17, 15) is 4.79 Å². The zero-order valence-electron chi connectivity index (χ0n) is 13.8. The zero-order valence-corrected chi connectivity index (χ0v) is 14.6. The highest BCUT2D eigenvalue weighted by atomic mass is 35.5. The first-order chi connectivity index (χ1) is 10.6. The van der Waals surface area contributed by atoms with Gasteiger partial charge in [0, 0.05) is 24.1 Å². The van der Waals surface area contributed by atoms with Gasteiger partial charge >= 0.3 is 0 Å². The van der Waals surface area contributed by atoms with Gasteiger partial charge in [-0.3, -0.25) is 4.79 Å². The lowest BCUT2D eigenvalue weighted by atomic mass is 9.88. The first kappa shape index (κ1) is 19.4. The maximum Gasteiger partial charge on any atom is 0.223 e. The fourth-order valence-corrected chi connectivity index (χ4v) is 2.25. The summed E-state index contributed by atoms with van der Waals surface area (Å²) in [5.74, 6) is 2.57. The quantitative estimate of drug-likeness (QED) is 0.699. The van der Waals surface area contributed by atoms with E-state index >= 15 is 0 Å². The third-order valence-electron chi connectivity index (χ3n) is 3.93. The third kappa shape index (κ3) is 5.48. The Morgan fingerprint density at radius 3 is 2.26 bits per heavy atom. The molecule has 1 fully saturated rings. The monoisotopic (exact) mass is 344 g/mol. The van der Waals surface area contributed by atoms with Crippen molar-refractivity contribution in [2.45, 2.75) is 6.92 Å². The Morgan fingerprint density at radius 1 is 1.22 bits per heavy atom. The highest BCUT2D eigenvalue weighted by Gasteiger charge is 2.28. The first-order valence-electron chi connectivity index (χ1n) is 7.48. The summed E-state index contributed by atoms with van der Waals surface area (Å²) in [4.78, 5) is 12.0. The van der Waals surface area contributed by atoms with Crippen LogP contribution in [0.4, 0.5) is 0 Å². The highest BCUT2D eigenvalue weighted by molar-refractivity contribution is 5.85. The summed E-state index contributed by atoms with van der Waals surface area (Å²) < 4.78 is 16.0. The summed E-state index contributed by atoms with van der Waals surface area (Å²) in [5, 5.41) is 6.08. The predicted molar refractivity (Wildman–Crippen MR) is 90.8 cm³/mol. The molecule has 1 aliphatic heterocycles. The van der Waals surface area contributed by atoms with Crippen molar-refractivity contribution in [2.24, 2.45) is 11.8 Å². The van der Waals surface area contributed by atoms with Crippen molar-refractivity contribution in [3.8, 4) is 17.2 Å². The molecule has 1 amide bonds. The second kappa shape index (κ2) is 9.47. The van der Waals surface area contributed by atoms with Gasteiger partial charge in [0.1, 0.15) is 23.9 Å². The molecule has 2 rings (SSSR count). The van der Waals surface area contributed by atoms with Gasteiger partial charge in [-0.05, 0) is 19.0 Å². The number of rotatable bonds is 8. The Kier molecular flexibility index (Phi) is 7.98. The van der Waals surface area contributed by atoms with E-state index < -0.39 is 0 Å². The van der Waals surface area contributed by atoms with Crippen LogP contribution in [0, 0.1) is 11.8 Å². The van der Waals surface area contributed by atoms with Crippen molar-refractivity contribution in [2.75, 3.05) is 40.5 Å². The number of methoxy groups -OCH3 is 2. The second-order valence-electron chi connectivity index (χ2n) is 5.39. The number of benzene rings is 1. The number of halogens is 1. The van der Waals surface area contributed by atoms with Gasteiger partial charge in [-0.15, -0.1) is 12.4 Å². The number of carbonyl (C=O) groups is 1. The van der Waals surface area contributed by atoms with Crippen molar-refractivity contribution >= 4 is 18.3 Å². The molecule has 1 aromatic rings. The second-order valence-corrected chi connectivity index (χ2v) is 5.39. The molecule has 7 heteroatoms. The molecule has 1 saturated heterocycles. The molecule has 2 N–H and O–H groups in total. The molecule has 1 unspecified atom stereocenters. The molecule has 0 saturated carbocycles. The van der Waals surface area contributed by atoms with Crippen LogP contribution in [0.25, 0.3) is 0 Å². The Hall–Kier alpha value is -1.66. The molecule has 1 aromatic carbocycles. The number of carbonyl (C=O) groups excluding carboxylic acids is 1. The van der Waals surface area contributed by atoms with Gasteiger partial charge in [0.05, 0.1) is 20.8 Å². The van der Waals surface area contributed by atoms with Crippen molar-refractivity contribution in [1.29, 1.82) is 0 Å². The highest BCUT2D eigenvalue weighted by Crippen LogP contribution is 2.27. The number of ether oxygens (including phenoxy) is 3. The largest absolute Gasteiger partial charge is 0.496 e. The van der Waals surface area contributed by atoms with E-state index in [1.165, 1.54) is 0 Å². The van der Waals surface area contributed by atoms with E-state index in [0.717, 1.165) is 13.1 Å². The molecule has 130 valence electrons. The number of hydrogen-bond acceptors (Lipinski definition) is 5. The van der Waals surface area contributed by atoms with Crippen LogP contribution < -0.4 is 24.8 Å². The molecule has 23 heavy (non-hydrogen) atoms. The van der Waals surface area contributed by atoms with Crippen LogP contribution in [0.1, 0.15) is 6.92 Å². The van der Waals surface area contributed by atoms with E-state index in [2.05, 4.69) is 10.6 Å². The predicted octanol–water partition coefficient (Wildman–Crippen LogP) is 1.48. The number of amides is 1. The van der Waals surface area contributed by atoms with Crippen molar-refractivity contribution < 1.29 is 19.0 Å². The third-order valence-corrected chi connectivity index (χ3v) is 3.93. The van der Waals surface area contributed by atoms with Crippen LogP contribution >= 0.6 is 12.4 Å². The summed E-state index contributed by atoms with van der Waals surface area (Å²) in [6, 6.07) is 5.35. The minimum Gasteiger partial charge on any atom is -0.496 e. The molecule has 0 aromatic heterocycles. The molecular weight excluding hydrogens is 320 g/mol. The van der Waals surface area contributed by atoms with Crippen molar-refractivity contribution in [3.63, 3.8) is 0 Å². The molecule has 6 nitrogen and oxygen atoms in total. The van der Waals surface area contributed by atoms with Crippen molar-refractivity contribution in [3.05, 3.63) is 18.2 Å². The molecule has 1 atom stereocenters. The maximum absolute atomic E-state index is 12.0. The average Bonchev–Trinajstić information content (AvgIpc) is 2.49. The summed E-state index contributed by atoms with van der Waals surface area (Å²) in [6.07, 6.45) is 0. The van der Waals surface area contributed by atoms with Gasteiger partial charge in [-0.2, -0.15) is 0 Å². The van der Waals surface area contributed by atoms with Crippen LogP contribution in [-0.4, -0.2) is 46.4 Å². The average molecular weight is 345 g/mol. The van der Waals surface area contributed by atoms with Crippen LogP contribution in [0.15, 0.2) is 18.2 Å². The fraction of sp³-hybridized carbons (Fsp3) is 0.562. The lowest BCUT2D eigenvalue weighted by Crippen LogP contribution is -2.49. The Labute approximate surface area is 143 Å². The number of nitrogens with one attached hydrogen (secondary N) is 2. The molecule has 1 heterocycles. The van der Waals surface area contributed by atoms with Crippen LogP contribution in [0.3, 0.4) is 0 Å². The van der Waals surface area contributed by atoms with Gasteiger partial charge in [0.2, 0.25) is 5.91 Å². The van der Waals surface area contributed by atoms with E-state index in [1.807, 2.05) is 6.92 Å². The van der Waals surface area contributed by atoms with E-state index in [-0.39, 0.29) is 24.2 Å². The molecular formula is C16H25ClN2O4. The minimum absolute atomic E-state index is 0. The maximum atomic E-state index is 12.0. The van der Waals surface area contributed by atoms with Gasteiger partial charge in [-0.1, -0.05) is 6.92 Å². The zero-order chi connectivity index (χ0) is 15.9. The SMILES string of the molecule is COc1cc(OC)cc(OCCNC(=O)C(C)C2CNC2)c1.Cl. The summed E-state index contributed by atoms with van der Waals surface area (Å²) >= 11 is 0. The first-order valence-corrected chi connectivity index (χ1v) is 7.48. The summed E-state index contributed by atoms with van der Waals surface area (Å²) in [6.45, 7) is 4.69. The number of hydrogen-bond donors (Lipinski definition) is 2. The lowest BCUT2D eigenvalue weighted by molar-refractivity contribution is -0.126. The molecule has 1 aliphatic rings. The smallest absolute Gasteiger partial charge is 0.223 e. The lowest BCUT2D eigenvalue weighted by Gasteiger charge is -2.31. The van der Waals surface area contributed by atoms with E-state index in [1.54, 1.807) is 32.4 Å². The minimum atomic E-state index is 0. The van der Waals surface area contributed by atoms with Crippen molar-refractivity contribution in [1.82, 2.24) is 10.6 Å². The summed E-state index contributed by atoms with van der Waals surface area (Å²) in [7, 11) is 3.19. The van der Waals surface area contributed by atoms with E-state index in [4.69, 9.17) is 14.2 Å². The normalized spacial score (nSPS) is 14.9. The van der Waals surface area contributed by atoms with Gasteiger partial charge in [0.15, 0.2) is 0 Å².